The molecule has 1 aromatic rings. The number of nitrogens with one attached hydrogen (secondary N) is 1. The highest BCUT2D eigenvalue weighted by atomic mass is 16.2. The quantitative estimate of drug-likeness (QED) is 0.927. The number of rotatable bonds is 3. The number of piperidine rings is 1. The molecule has 1 aliphatic heterocycles. The summed E-state index contributed by atoms with van der Waals surface area (Å²) in [7, 11) is 0. The second-order valence-electron chi connectivity index (χ2n) is 7.21. The number of pyridine rings is 1. The Balaban J connectivity index is 1.64. The molecule has 0 aromatic carbocycles. The fourth-order valence-electron chi connectivity index (χ4n) is 3.59. The van der Waals surface area contributed by atoms with Gasteiger partial charge in [0.05, 0.1) is 0 Å². The first kappa shape index (κ1) is 16.9. The lowest BCUT2D eigenvalue weighted by Gasteiger charge is -2.30. The van der Waals surface area contributed by atoms with Gasteiger partial charge in [0.1, 0.15) is 5.69 Å². The molecule has 3 rings (SSSR count). The number of nitrogens with zero attached hydrogens (tertiary/aromatic N) is 2. The lowest BCUT2D eigenvalue weighted by Crippen LogP contribution is -2.38. The van der Waals surface area contributed by atoms with Crippen LogP contribution in [0.25, 0.3) is 0 Å². The number of hydrogen-bond donors (Lipinski definition) is 1. The molecule has 2 amide bonds. The third-order valence-electron chi connectivity index (χ3n) is 5.25. The average molecular weight is 329 g/mol. The molecule has 2 aliphatic rings. The van der Waals surface area contributed by atoms with E-state index in [-0.39, 0.29) is 17.9 Å². The van der Waals surface area contributed by atoms with Crippen molar-refractivity contribution < 1.29 is 9.59 Å². The van der Waals surface area contributed by atoms with Crippen molar-refractivity contribution in [3.05, 3.63) is 29.6 Å². The molecular weight excluding hydrogens is 302 g/mol. The largest absolute Gasteiger partial charge is 0.348 e. The van der Waals surface area contributed by atoms with E-state index in [1.165, 1.54) is 19.3 Å². The molecule has 5 nitrogen and oxygen atoms in total. The number of amides is 2. The van der Waals surface area contributed by atoms with Gasteiger partial charge in [-0.1, -0.05) is 26.2 Å². The standard InChI is InChI=1S/C19H27N3O2/c1-14-8-11-22(12-9-14)19(24)15-7-10-20-17(13-15)18(23)21-16-5-3-2-4-6-16/h7,10,13-14,16H,2-6,8-9,11-12H2,1H3,(H,21,23). The lowest BCUT2D eigenvalue weighted by molar-refractivity contribution is 0.0697. The van der Waals surface area contributed by atoms with Crippen molar-refractivity contribution in [2.75, 3.05) is 13.1 Å². The average Bonchev–Trinajstić information content (AvgIpc) is 2.63. The highest BCUT2D eigenvalue weighted by Crippen LogP contribution is 2.19. The van der Waals surface area contributed by atoms with Crippen LogP contribution in [-0.4, -0.2) is 40.8 Å². The highest BCUT2D eigenvalue weighted by Gasteiger charge is 2.23. The monoisotopic (exact) mass is 329 g/mol. The minimum atomic E-state index is -0.163. The van der Waals surface area contributed by atoms with E-state index in [1.807, 2.05) is 4.90 Å². The Bertz CT molecular complexity index is 588. The number of carbonyl (C=O) groups excluding carboxylic acids is 2. The lowest BCUT2D eigenvalue weighted by atomic mass is 9.95. The Morgan fingerprint density at radius 2 is 1.83 bits per heavy atom. The molecule has 0 atom stereocenters. The fourth-order valence-corrected chi connectivity index (χ4v) is 3.59. The maximum absolute atomic E-state index is 12.6. The van der Waals surface area contributed by atoms with Crippen LogP contribution in [0.2, 0.25) is 0 Å². The summed E-state index contributed by atoms with van der Waals surface area (Å²) in [4.78, 5) is 31.1. The van der Waals surface area contributed by atoms with Gasteiger partial charge >= 0.3 is 0 Å². The molecule has 1 N–H and O–H groups in total. The SMILES string of the molecule is CC1CCN(C(=O)c2ccnc(C(=O)NC3CCCCC3)c2)CC1. The van der Waals surface area contributed by atoms with Crippen LogP contribution in [0.4, 0.5) is 0 Å². The Hall–Kier alpha value is -1.91. The summed E-state index contributed by atoms with van der Waals surface area (Å²) in [5, 5.41) is 3.06. The van der Waals surface area contributed by atoms with Crippen molar-refractivity contribution >= 4 is 11.8 Å². The van der Waals surface area contributed by atoms with E-state index in [0.29, 0.717) is 17.2 Å². The molecule has 2 fully saturated rings. The molecule has 1 saturated heterocycles. The van der Waals surface area contributed by atoms with E-state index in [9.17, 15) is 9.59 Å². The van der Waals surface area contributed by atoms with Crippen LogP contribution in [-0.2, 0) is 0 Å². The van der Waals surface area contributed by atoms with Crippen molar-refractivity contribution in [1.82, 2.24) is 15.2 Å². The van der Waals surface area contributed by atoms with E-state index >= 15 is 0 Å². The predicted octanol–water partition coefficient (Wildman–Crippen LogP) is 3.02. The van der Waals surface area contributed by atoms with E-state index in [2.05, 4.69) is 17.2 Å². The molecule has 0 unspecified atom stereocenters. The molecule has 0 bridgehead atoms. The minimum absolute atomic E-state index is 0.0102. The van der Waals surface area contributed by atoms with Gasteiger partial charge < -0.3 is 10.2 Å². The van der Waals surface area contributed by atoms with Crippen molar-refractivity contribution in [3.8, 4) is 0 Å². The summed E-state index contributed by atoms with van der Waals surface area (Å²) in [5.41, 5.74) is 0.908. The Kier molecular flexibility index (Phi) is 5.48. The van der Waals surface area contributed by atoms with Gasteiger partial charge in [-0.3, -0.25) is 14.6 Å². The first-order valence-corrected chi connectivity index (χ1v) is 9.19. The predicted molar refractivity (Wildman–Crippen MR) is 92.9 cm³/mol. The number of likely N-dealkylation sites (tertiary alicyclic amines) is 1. The first-order valence-electron chi connectivity index (χ1n) is 9.19. The molecule has 1 aromatic heterocycles. The van der Waals surface area contributed by atoms with Gasteiger partial charge in [0, 0.05) is 30.9 Å². The highest BCUT2D eigenvalue weighted by molar-refractivity contribution is 5.98. The number of aromatic nitrogens is 1. The molecular formula is C19H27N3O2. The number of hydrogen-bond acceptors (Lipinski definition) is 3. The smallest absolute Gasteiger partial charge is 0.270 e. The first-order chi connectivity index (χ1) is 11.6. The van der Waals surface area contributed by atoms with Crippen molar-refractivity contribution in [2.24, 2.45) is 5.92 Å². The molecule has 0 spiro atoms. The van der Waals surface area contributed by atoms with E-state index < -0.39 is 0 Å². The van der Waals surface area contributed by atoms with Crippen molar-refractivity contribution in [3.63, 3.8) is 0 Å². The fraction of sp³-hybridized carbons (Fsp3) is 0.632. The second-order valence-corrected chi connectivity index (χ2v) is 7.21. The van der Waals surface area contributed by atoms with Crippen LogP contribution < -0.4 is 5.32 Å². The minimum Gasteiger partial charge on any atom is -0.348 e. The van der Waals surface area contributed by atoms with Crippen molar-refractivity contribution in [2.45, 2.75) is 57.9 Å². The van der Waals surface area contributed by atoms with Crippen LogP contribution in [0, 0.1) is 5.92 Å². The van der Waals surface area contributed by atoms with Gasteiger partial charge in [-0.05, 0) is 43.7 Å². The van der Waals surface area contributed by atoms with Crippen LogP contribution >= 0.6 is 0 Å². The topological polar surface area (TPSA) is 62.3 Å². The molecule has 1 saturated carbocycles. The Morgan fingerprint density at radius 1 is 1.12 bits per heavy atom. The van der Waals surface area contributed by atoms with Crippen LogP contribution in [0.15, 0.2) is 18.3 Å². The summed E-state index contributed by atoms with van der Waals surface area (Å²) in [6.45, 7) is 3.82. The zero-order chi connectivity index (χ0) is 16.9. The molecule has 0 radical (unpaired) electrons. The van der Waals surface area contributed by atoms with Gasteiger partial charge in [-0.15, -0.1) is 0 Å². The van der Waals surface area contributed by atoms with Gasteiger partial charge in [-0.2, -0.15) is 0 Å². The molecule has 1 aliphatic carbocycles. The van der Waals surface area contributed by atoms with Gasteiger partial charge in [0.2, 0.25) is 0 Å². The molecule has 130 valence electrons. The molecule has 24 heavy (non-hydrogen) atoms. The summed E-state index contributed by atoms with van der Waals surface area (Å²) >= 11 is 0. The van der Waals surface area contributed by atoms with Crippen LogP contribution in [0.5, 0.6) is 0 Å². The molecule has 2 heterocycles. The normalized spacial score (nSPS) is 20.0. The zero-order valence-corrected chi connectivity index (χ0v) is 14.5. The summed E-state index contributed by atoms with van der Waals surface area (Å²) in [6.07, 6.45) is 9.33. The summed E-state index contributed by atoms with van der Waals surface area (Å²) < 4.78 is 0. The zero-order valence-electron chi connectivity index (χ0n) is 14.5. The van der Waals surface area contributed by atoms with Gasteiger partial charge in [-0.25, -0.2) is 0 Å². The maximum atomic E-state index is 12.6. The Labute approximate surface area is 143 Å². The van der Waals surface area contributed by atoms with Crippen LogP contribution in [0.1, 0.15) is 72.7 Å². The van der Waals surface area contributed by atoms with Crippen LogP contribution in [0.3, 0.4) is 0 Å². The van der Waals surface area contributed by atoms with E-state index in [0.717, 1.165) is 38.8 Å². The van der Waals surface area contributed by atoms with Gasteiger partial charge in [0.15, 0.2) is 0 Å². The third kappa shape index (κ3) is 4.13. The number of carbonyl (C=O) groups is 2. The summed E-state index contributed by atoms with van der Waals surface area (Å²) in [6, 6.07) is 3.59. The van der Waals surface area contributed by atoms with E-state index in [4.69, 9.17) is 0 Å². The summed E-state index contributed by atoms with van der Waals surface area (Å²) in [5.74, 6) is 0.531. The van der Waals surface area contributed by atoms with E-state index in [1.54, 1.807) is 18.3 Å². The Morgan fingerprint density at radius 3 is 2.54 bits per heavy atom. The second kappa shape index (κ2) is 7.77. The maximum Gasteiger partial charge on any atom is 0.270 e. The third-order valence-corrected chi connectivity index (χ3v) is 5.25. The van der Waals surface area contributed by atoms with Crippen molar-refractivity contribution in [1.29, 1.82) is 0 Å². The van der Waals surface area contributed by atoms with Gasteiger partial charge in [0.25, 0.3) is 11.8 Å². The molecule has 5 heteroatoms.